The summed E-state index contributed by atoms with van der Waals surface area (Å²) in [6.45, 7) is 2.98. The monoisotopic (exact) mass is 270 g/mol. The van der Waals surface area contributed by atoms with E-state index in [0.717, 1.165) is 36.3 Å². The van der Waals surface area contributed by atoms with Gasteiger partial charge in [-0.05, 0) is 48.2 Å². The Hall–Kier alpha value is -1.87. The number of fused-ring (bicyclic) bond motifs is 1. The number of halogens is 1. The molecule has 2 N–H and O–H groups in total. The number of nitrogens with two attached hydrogens (primary N) is 1. The van der Waals surface area contributed by atoms with Crippen molar-refractivity contribution in [1.29, 1.82) is 0 Å². The molecule has 1 atom stereocenters. The van der Waals surface area contributed by atoms with E-state index < -0.39 is 0 Å². The van der Waals surface area contributed by atoms with Crippen LogP contribution in [-0.4, -0.2) is 6.54 Å². The largest absolute Gasteiger partial charge is 0.341 e. The summed E-state index contributed by atoms with van der Waals surface area (Å²) in [6.07, 6.45) is 1.89. The second-order valence-corrected chi connectivity index (χ2v) is 5.28. The van der Waals surface area contributed by atoms with Crippen LogP contribution in [0.15, 0.2) is 42.5 Å². The van der Waals surface area contributed by atoms with Crippen LogP contribution >= 0.6 is 0 Å². The van der Waals surface area contributed by atoms with Crippen molar-refractivity contribution in [3.05, 3.63) is 59.4 Å². The van der Waals surface area contributed by atoms with Gasteiger partial charge in [0, 0.05) is 24.0 Å². The van der Waals surface area contributed by atoms with Gasteiger partial charge in [0.25, 0.3) is 0 Å². The standard InChI is InChI=1S/C17H19FN2/c1-2-16(19)12-4-7-15(8-5-12)20-10-9-13-3-6-14(18)11-17(13)20/h3-8,11,16H,2,9-10,19H2,1H3/t16-/m1/s1. The minimum Gasteiger partial charge on any atom is -0.341 e. The normalized spacial score (nSPS) is 15.2. The molecule has 1 aliphatic heterocycles. The molecule has 3 rings (SSSR count). The van der Waals surface area contributed by atoms with Crippen molar-refractivity contribution in [3.63, 3.8) is 0 Å². The minimum absolute atomic E-state index is 0.0901. The summed E-state index contributed by atoms with van der Waals surface area (Å²) in [7, 11) is 0. The minimum atomic E-state index is -0.180. The van der Waals surface area contributed by atoms with E-state index >= 15 is 0 Å². The molecule has 1 heterocycles. The highest BCUT2D eigenvalue weighted by molar-refractivity contribution is 5.70. The van der Waals surface area contributed by atoms with Crippen molar-refractivity contribution in [2.45, 2.75) is 25.8 Å². The Morgan fingerprint density at radius 1 is 1.20 bits per heavy atom. The first-order valence-corrected chi connectivity index (χ1v) is 7.10. The smallest absolute Gasteiger partial charge is 0.125 e. The lowest BCUT2D eigenvalue weighted by molar-refractivity contribution is 0.628. The van der Waals surface area contributed by atoms with E-state index in [-0.39, 0.29) is 11.9 Å². The van der Waals surface area contributed by atoms with Crippen molar-refractivity contribution in [2.75, 3.05) is 11.4 Å². The fraction of sp³-hybridized carbons (Fsp3) is 0.294. The Morgan fingerprint density at radius 3 is 2.65 bits per heavy atom. The Morgan fingerprint density at radius 2 is 1.95 bits per heavy atom. The van der Waals surface area contributed by atoms with Gasteiger partial charge in [-0.25, -0.2) is 4.39 Å². The second-order valence-electron chi connectivity index (χ2n) is 5.28. The van der Waals surface area contributed by atoms with Crippen LogP contribution in [0, 0.1) is 5.82 Å². The molecule has 0 aliphatic carbocycles. The number of hydrogen-bond donors (Lipinski definition) is 1. The molecule has 3 heteroatoms. The fourth-order valence-electron chi connectivity index (χ4n) is 2.76. The Bertz CT molecular complexity index is 607. The molecule has 0 saturated heterocycles. The van der Waals surface area contributed by atoms with Crippen molar-refractivity contribution < 1.29 is 4.39 Å². The second kappa shape index (κ2) is 5.25. The molecule has 2 aromatic carbocycles. The molecular formula is C17H19FN2. The van der Waals surface area contributed by atoms with Gasteiger partial charge < -0.3 is 10.6 Å². The summed E-state index contributed by atoms with van der Waals surface area (Å²) in [4.78, 5) is 2.17. The van der Waals surface area contributed by atoms with E-state index in [1.807, 2.05) is 6.07 Å². The van der Waals surface area contributed by atoms with Gasteiger partial charge in [0.05, 0.1) is 0 Å². The van der Waals surface area contributed by atoms with E-state index in [0.29, 0.717) is 0 Å². The lowest BCUT2D eigenvalue weighted by Gasteiger charge is -2.20. The first kappa shape index (κ1) is 13.1. The van der Waals surface area contributed by atoms with E-state index in [1.165, 1.54) is 11.6 Å². The number of anilines is 2. The predicted molar refractivity (Wildman–Crippen MR) is 80.8 cm³/mol. The van der Waals surface area contributed by atoms with Gasteiger partial charge in [-0.2, -0.15) is 0 Å². The van der Waals surface area contributed by atoms with Crippen LogP contribution in [0.4, 0.5) is 15.8 Å². The van der Waals surface area contributed by atoms with Gasteiger partial charge in [0.2, 0.25) is 0 Å². The molecule has 1 aliphatic rings. The van der Waals surface area contributed by atoms with Crippen molar-refractivity contribution >= 4 is 11.4 Å². The lowest BCUT2D eigenvalue weighted by atomic mass is 10.1. The quantitative estimate of drug-likeness (QED) is 0.915. The molecule has 20 heavy (non-hydrogen) atoms. The van der Waals surface area contributed by atoms with Gasteiger partial charge >= 0.3 is 0 Å². The zero-order valence-corrected chi connectivity index (χ0v) is 11.6. The van der Waals surface area contributed by atoms with Crippen LogP contribution in [0.5, 0.6) is 0 Å². The first-order chi connectivity index (χ1) is 9.69. The third-order valence-electron chi connectivity index (χ3n) is 4.02. The summed E-state index contributed by atoms with van der Waals surface area (Å²) >= 11 is 0. The van der Waals surface area contributed by atoms with E-state index in [1.54, 1.807) is 6.07 Å². The van der Waals surface area contributed by atoms with Gasteiger partial charge in [0.15, 0.2) is 0 Å². The SMILES string of the molecule is CC[C@@H](N)c1ccc(N2CCc3ccc(F)cc32)cc1. The number of rotatable bonds is 3. The Kier molecular flexibility index (Phi) is 3.45. The summed E-state index contributed by atoms with van der Waals surface area (Å²) in [6, 6.07) is 13.4. The summed E-state index contributed by atoms with van der Waals surface area (Å²) in [5.74, 6) is -0.180. The van der Waals surface area contributed by atoms with Crippen LogP contribution in [0.3, 0.4) is 0 Å². The molecule has 0 aromatic heterocycles. The fourth-order valence-corrected chi connectivity index (χ4v) is 2.76. The molecule has 2 aromatic rings. The van der Waals surface area contributed by atoms with E-state index in [9.17, 15) is 4.39 Å². The van der Waals surface area contributed by atoms with E-state index in [4.69, 9.17) is 5.73 Å². The molecule has 2 nitrogen and oxygen atoms in total. The van der Waals surface area contributed by atoms with Gasteiger partial charge in [0.1, 0.15) is 5.82 Å². The molecule has 0 bridgehead atoms. The van der Waals surface area contributed by atoms with Gasteiger partial charge in [-0.3, -0.25) is 0 Å². The van der Waals surface area contributed by atoms with Crippen LogP contribution < -0.4 is 10.6 Å². The van der Waals surface area contributed by atoms with Crippen molar-refractivity contribution in [1.82, 2.24) is 0 Å². The molecule has 0 unspecified atom stereocenters. The zero-order chi connectivity index (χ0) is 14.1. The highest BCUT2D eigenvalue weighted by Gasteiger charge is 2.20. The molecule has 0 saturated carbocycles. The van der Waals surface area contributed by atoms with Crippen LogP contribution in [0.1, 0.15) is 30.5 Å². The number of hydrogen-bond acceptors (Lipinski definition) is 2. The highest BCUT2D eigenvalue weighted by atomic mass is 19.1. The molecule has 0 amide bonds. The highest BCUT2D eigenvalue weighted by Crippen LogP contribution is 2.35. The topological polar surface area (TPSA) is 29.3 Å². The van der Waals surface area contributed by atoms with Crippen LogP contribution in [0.25, 0.3) is 0 Å². The summed E-state index contributed by atoms with van der Waals surface area (Å²) in [5, 5.41) is 0. The number of benzene rings is 2. The van der Waals surface area contributed by atoms with Crippen LogP contribution in [-0.2, 0) is 6.42 Å². The molecule has 0 radical (unpaired) electrons. The van der Waals surface area contributed by atoms with E-state index in [2.05, 4.69) is 36.1 Å². The Labute approximate surface area is 119 Å². The third-order valence-corrected chi connectivity index (χ3v) is 4.02. The molecule has 104 valence electrons. The third kappa shape index (κ3) is 2.29. The number of nitrogens with zero attached hydrogens (tertiary/aromatic N) is 1. The average molecular weight is 270 g/mol. The molecule has 0 fully saturated rings. The predicted octanol–water partition coefficient (Wildman–Crippen LogP) is 3.93. The maximum Gasteiger partial charge on any atom is 0.125 e. The molecular weight excluding hydrogens is 251 g/mol. The zero-order valence-electron chi connectivity index (χ0n) is 11.6. The maximum atomic E-state index is 13.4. The van der Waals surface area contributed by atoms with Crippen molar-refractivity contribution in [2.24, 2.45) is 5.73 Å². The summed E-state index contributed by atoms with van der Waals surface area (Å²) in [5.41, 5.74) is 10.5. The van der Waals surface area contributed by atoms with Gasteiger partial charge in [-0.1, -0.05) is 25.1 Å². The van der Waals surface area contributed by atoms with Crippen molar-refractivity contribution in [3.8, 4) is 0 Å². The molecule has 0 spiro atoms. The van der Waals surface area contributed by atoms with Crippen LogP contribution in [0.2, 0.25) is 0 Å². The van der Waals surface area contributed by atoms with Gasteiger partial charge in [-0.15, -0.1) is 0 Å². The summed E-state index contributed by atoms with van der Waals surface area (Å²) < 4.78 is 13.4. The Balaban J connectivity index is 1.90. The average Bonchev–Trinajstić information content (AvgIpc) is 2.89. The first-order valence-electron chi connectivity index (χ1n) is 7.10. The maximum absolute atomic E-state index is 13.4. The lowest BCUT2D eigenvalue weighted by Crippen LogP contribution is -2.14.